The van der Waals surface area contributed by atoms with Gasteiger partial charge in [0.2, 0.25) is 0 Å². The van der Waals surface area contributed by atoms with Crippen LogP contribution in [-0.2, 0) is 9.84 Å². The van der Waals surface area contributed by atoms with Crippen molar-refractivity contribution in [2.75, 3.05) is 0 Å². The molecule has 0 bridgehead atoms. The van der Waals surface area contributed by atoms with E-state index in [1.54, 1.807) is 0 Å². The van der Waals surface area contributed by atoms with Gasteiger partial charge in [-0.1, -0.05) is 60.7 Å². The van der Waals surface area contributed by atoms with Gasteiger partial charge in [-0.3, -0.25) is 0 Å². The summed E-state index contributed by atoms with van der Waals surface area (Å²) in [5.41, 5.74) is 2.87. The summed E-state index contributed by atoms with van der Waals surface area (Å²) in [7, 11) is -3.36. The molecule has 1 heterocycles. The van der Waals surface area contributed by atoms with E-state index in [4.69, 9.17) is 0 Å². The van der Waals surface area contributed by atoms with Crippen molar-refractivity contribution in [3.05, 3.63) is 82.6 Å². The zero-order valence-corrected chi connectivity index (χ0v) is 11.5. The Morgan fingerprint density at radius 3 is 1.45 bits per heavy atom. The van der Waals surface area contributed by atoms with E-state index in [1.807, 2.05) is 60.7 Å². The van der Waals surface area contributed by atoms with Gasteiger partial charge < -0.3 is 5.32 Å². The molecule has 0 aromatic heterocycles. The maximum absolute atomic E-state index is 12.0. The Hall–Kier alpha value is -2.33. The molecule has 0 unspecified atom stereocenters. The number of rotatable bonds is 2. The second kappa shape index (κ2) is 4.98. The standard InChI is InChI=1S/C16H13NO2S/c18-20(19)11-15(13-7-3-1-4-8-13)17-16(12-20)14-9-5-2-6-10-14/h1-12,17H. The van der Waals surface area contributed by atoms with Crippen LogP contribution >= 0.6 is 0 Å². The normalized spacial score (nSPS) is 16.8. The Labute approximate surface area is 118 Å². The van der Waals surface area contributed by atoms with Crippen LogP contribution in [0, 0.1) is 0 Å². The minimum Gasteiger partial charge on any atom is -0.353 e. The monoisotopic (exact) mass is 283 g/mol. The molecule has 0 fully saturated rings. The van der Waals surface area contributed by atoms with Gasteiger partial charge in [-0.05, 0) is 11.1 Å². The summed E-state index contributed by atoms with van der Waals surface area (Å²) in [4.78, 5) is 0. The summed E-state index contributed by atoms with van der Waals surface area (Å²) < 4.78 is 24.1. The smallest absolute Gasteiger partial charge is 0.197 e. The average Bonchev–Trinajstić information content (AvgIpc) is 2.47. The highest BCUT2D eigenvalue weighted by atomic mass is 32.2. The first-order chi connectivity index (χ1) is 9.64. The van der Waals surface area contributed by atoms with Gasteiger partial charge in [0, 0.05) is 0 Å². The third kappa shape index (κ3) is 2.65. The highest BCUT2D eigenvalue weighted by molar-refractivity contribution is 7.97. The van der Waals surface area contributed by atoms with E-state index in [0.29, 0.717) is 11.4 Å². The molecule has 2 aromatic rings. The average molecular weight is 283 g/mol. The molecule has 0 amide bonds. The molecule has 0 radical (unpaired) electrons. The quantitative estimate of drug-likeness (QED) is 0.921. The van der Waals surface area contributed by atoms with Crippen LogP contribution in [0.25, 0.3) is 11.4 Å². The number of benzene rings is 2. The van der Waals surface area contributed by atoms with Crippen molar-refractivity contribution in [2.24, 2.45) is 0 Å². The van der Waals surface area contributed by atoms with Crippen LogP contribution in [0.5, 0.6) is 0 Å². The lowest BCUT2D eigenvalue weighted by atomic mass is 10.1. The third-order valence-corrected chi connectivity index (χ3v) is 4.13. The Morgan fingerprint density at radius 2 is 1.05 bits per heavy atom. The van der Waals surface area contributed by atoms with E-state index in [2.05, 4.69) is 5.32 Å². The van der Waals surface area contributed by atoms with Gasteiger partial charge in [0.1, 0.15) is 0 Å². The first-order valence-electron chi connectivity index (χ1n) is 6.20. The van der Waals surface area contributed by atoms with Gasteiger partial charge in [0.05, 0.1) is 22.2 Å². The molecule has 0 saturated carbocycles. The number of sulfone groups is 1. The second-order valence-corrected chi connectivity index (χ2v) is 6.16. The summed E-state index contributed by atoms with van der Waals surface area (Å²) in [5.74, 6) is 0. The molecule has 0 atom stereocenters. The number of nitrogens with one attached hydrogen (secondary N) is 1. The fourth-order valence-electron chi connectivity index (χ4n) is 2.08. The fraction of sp³-hybridized carbons (Fsp3) is 0. The molecule has 0 aliphatic carbocycles. The molecule has 20 heavy (non-hydrogen) atoms. The maximum Gasteiger partial charge on any atom is 0.197 e. The molecule has 3 rings (SSSR count). The number of hydrogen-bond donors (Lipinski definition) is 1. The SMILES string of the molecule is O=S1(=O)C=C(c2ccccc2)NC(c2ccccc2)=C1. The fourth-order valence-corrected chi connectivity index (χ4v) is 3.20. The summed E-state index contributed by atoms with van der Waals surface area (Å²) in [5, 5.41) is 5.70. The second-order valence-electron chi connectivity index (χ2n) is 4.51. The van der Waals surface area contributed by atoms with Crippen LogP contribution in [0.4, 0.5) is 0 Å². The van der Waals surface area contributed by atoms with Crippen molar-refractivity contribution in [3.8, 4) is 0 Å². The van der Waals surface area contributed by atoms with E-state index < -0.39 is 9.84 Å². The summed E-state index contributed by atoms with van der Waals surface area (Å²) in [6.45, 7) is 0. The summed E-state index contributed by atoms with van der Waals surface area (Å²) in [6.07, 6.45) is 0. The van der Waals surface area contributed by atoms with Crippen LogP contribution in [0.1, 0.15) is 11.1 Å². The van der Waals surface area contributed by atoms with Gasteiger partial charge in [-0.15, -0.1) is 0 Å². The predicted molar refractivity (Wildman–Crippen MR) is 80.9 cm³/mol. The molecule has 1 N–H and O–H groups in total. The topological polar surface area (TPSA) is 46.2 Å². The molecule has 1 aliphatic rings. The van der Waals surface area contributed by atoms with Gasteiger partial charge in [0.25, 0.3) is 0 Å². The maximum atomic E-state index is 12.0. The Kier molecular flexibility index (Phi) is 3.16. The van der Waals surface area contributed by atoms with Crippen molar-refractivity contribution in [2.45, 2.75) is 0 Å². The molecular formula is C16H13NO2S. The first-order valence-corrected chi connectivity index (χ1v) is 7.81. The molecule has 4 heteroatoms. The van der Waals surface area contributed by atoms with E-state index in [-0.39, 0.29) is 0 Å². The molecule has 3 nitrogen and oxygen atoms in total. The lowest BCUT2D eigenvalue weighted by Gasteiger charge is -2.18. The molecule has 0 saturated heterocycles. The molecular weight excluding hydrogens is 270 g/mol. The summed E-state index contributed by atoms with van der Waals surface area (Å²) >= 11 is 0. The van der Waals surface area contributed by atoms with Crippen molar-refractivity contribution in [1.82, 2.24) is 5.32 Å². The van der Waals surface area contributed by atoms with Crippen LogP contribution in [-0.4, -0.2) is 8.42 Å². The van der Waals surface area contributed by atoms with Gasteiger partial charge in [-0.25, -0.2) is 8.42 Å². The minimum atomic E-state index is -3.36. The lowest BCUT2D eigenvalue weighted by molar-refractivity contribution is 0.612. The summed E-state index contributed by atoms with van der Waals surface area (Å²) in [6, 6.07) is 18.8. The zero-order valence-electron chi connectivity index (χ0n) is 10.7. The minimum absolute atomic E-state index is 0.590. The van der Waals surface area contributed by atoms with Crippen molar-refractivity contribution < 1.29 is 8.42 Å². The van der Waals surface area contributed by atoms with Crippen molar-refractivity contribution in [1.29, 1.82) is 0 Å². The van der Waals surface area contributed by atoms with Crippen LogP contribution in [0.15, 0.2) is 71.5 Å². The van der Waals surface area contributed by atoms with Crippen LogP contribution in [0.3, 0.4) is 0 Å². The zero-order chi connectivity index (χ0) is 14.0. The van der Waals surface area contributed by atoms with E-state index in [0.717, 1.165) is 11.1 Å². The Morgan fingerprint density at radius 1 is 0.650 bits per heavy atom. The third-order valence-electron chi connectivity index (χ3n) is 3.00. The largest absolute Gasteiger partial charge is 0.353 e. The van der Waals surface area contributed by atoms with E-state index >= 15 is 0 Å². The van der Waals surface area contributed by atoms with Crippen LogP contribution in [0.2, 0.25) is 0 Å². The van der Waals surface area contributed by atoms with Crippen molar-refractivity contribution in [3.63, 3.8) is 0 Å². The molecule has 100 valence electrons. The van der Waals surface area contributed by atoms with E-state index in [1.165, 1.54) is 10.8 Å². The Balaban J connectivity index is 2.04. The number of hydrogen-bond acceptors (Lipinski definition) is 3. The molecule has 0 spiro atoms. The lowest BCUT2D eigenvalue weighted by Crippen LogP contribution is -2.17. The van der Waals surface area contributed by atoms with Gasteiger partial charge >= 0.3 is 0 Å². The molecule has 1 aliphatic heterocycles. The van der Waals surface area contributed by atoms with Gasteiger partial charge in [-0.2, -0.15) is 0 Å². The highest BCUT2D eigenvalue weighted by Crippen LogP contribution is 2.25. The predicted octanol–water partition coefficient (Wildman–Crippen LogP) is 3.00. The Bertz CT molecular complexity index is 714. The van der Waals surface area contributed by atoms with Crippen LogP contribution < -0.4 is 5.32 Å². The molecule has 2 aromatic carbocycles. The van der Waals surface area contributed by atoms with E-state index in [9.17, 15) is 8.42 Å². The highest BCUT2D eigenvalue weighted by Gasteiger charge is 2.18. The van der Waals surface area contributed by atoms with Crippen molar-refractivity contribution >= 4 is 21.2 Å². The van der Waals surface area contributed by atoms with Gasteiger partial charge in [0.15, 0.2) is 9.84 Å². The first kappa shape index (κ1) is 12.7.